The summed E-state index contributed by atoms with van der Waals surface area (Å²) in [6.45, 7) is 4.39. The van der Waals surface area contributed by atoms with E-state index in [-0.39, 0.29) is 0 Å². The van der Waals surface area contributed by atoms with Gasteiger partial charge in [-0.2, -0.15) is 0 Å². The third-order valence-corrected chi connectivity index (χ3v) is 7.33. The van der Waals surface area contributed by atoms with Crippen molar-refractivity contribution in [2.75, 3.05) is 0 Å². The average Bonchev–Trinajstić information content (AvgIpc) is 2.93. The Kier molecular flexibility index (Phi) is 9.97. The molecule has 0 aliphatic heterocycles. The summed E-state index contributed by atoms with van der Waals surface area (Å²) < 4.78 is 0. The quantitative estimate of drug-likeness (QED) is 0.169. The Morgan fingerprint density at radius 1 is 0.361 bits per heavy atom. The van der Waals surface area contributed by atoms with E-state index in [9.17, 15) is 0 Å². The molecule has 0 saturated heterocycles. The van der Waals surface area contributed by atoms with Gasteiger partial charge in [-0.1, -0.05) is 135 Å². The van der Waals surface area contributed by atoms with Gasteiger partial charge in [-0.05, 0) is 84.4 Å². The van der Waals surface area contributed by atoms with Gasteiger partial charge in [0, 0.05) is 0 Å². The highest BCUT2D eigenvalue weighted by Crippen LogP contribution is 2.23. The van der Waals surface area contributed by atoms with Crippen LogP contribution in [0.5, 0.6) is 0 Å². The molecule has 0 heteroatoms. The average molecular weight is 475 g/mol. The molecule has 4 aromatic carbocycles. The van der Waals surface area contributed by atoms with Crippen LogP contribution in [0.15, 0.2) is 97.1 Å². The van der Waals surface area contributed by atoms with Gasteiger partial charge in [0.2, 0.25) is 0 Å². The van der Waals surface area contributed by atoms with E-state index in [4.69, 9.17) is 0 Å². The zero-order chi connectivity index (χ0) is 25.0. The maximum absolute atomic E-state index is 2.32. The summed E-state index contributed by atoms with van der Waals surface area (Å²) in [5, 5.41) is 0. The first kappa shape index (κ1) is 26.0. The molecule has 0 aliphatic rings. The largest absolute Gasteiger partial charge is 0.0654 e. The molecule has 0 aliphatic carbocycles. The minimum absolute atomic E-state index is 1.19. The van der Waals surface area contributed by atoms with Gasteiger partial charge in [-0.25, -0.2) is 0 Å². The molecule has 0 fully saturated rings. The molecule has 0 saturated carbocycles. The van der Waals surface area contributed by atoms with Crippen LogP contribution in [0.2, 0.25) is 0 Å². The maximum Gasteiger partial charge on any atom is -0.0184 e. The van der Waals surface area contributed by atoms with Crippen LogP contribution in [0.3, 0.4) is 0 Å². The van der Waals surface area contributed by atoms with Crippen LogP contribution in [-0.4, -0.2) is 0 Å². The lowest BCUT2D eigenvalue weighted by molar-refractivity contribution is 0.613. The van der Waals surface area contributed by atoms with E-state index in [0.29, 0.717) is 0 Å². The number of unbranched alkanes of at least 4 members (excludes halogenated alkanes) is 5. The van der Waals surface area contributed by atoms with Crippen LogP contribution in [0.25, 0.3) is 22.3 Å². The number of aryl methyl sites for hydroxylation is 4. The van der Waals surface area contributed by atoms with E-state index < -0.39 is 0 Å². The lowest BCUT2D eigenvalue weighted by Gasteiger charge is -2.07. The van der Waals surface area contributed by atoms with Crippen LogP contribution < -0.4 is 0 Å². The maximum atomic E-state index is 2.32. The van der Waals surface area contributed by atoms with Gasteiger partial charge in [0.25, 0.3) is 0 Å². The van der Waals surface area contributed by atoms with Crippen LogP contribution in [0, 0.1) is 6.92 Å². The van der Waals surface area contributed by atoms with Gasteiger partial charge in [-0.15, -0.1) is 0 Å². The van der Waals surface area contributed by atoms with Gasteiger partial charge in [0.15, 0.2) is 0 Å². The lowest BCUT2D eigenvalue weighted by Crippen LogP contribution is -1.89. The minimum Gasteiger partial charge on any atom is -0.0654 e. The fourth-order valence-electron chi connectivity index (χ4n) is 4.91. The third-order valence-electron chi connectivity index (χ3n) is 7.33. The molecular weight excluding hydrogens is 432 g/mol. The van der Waals surface area contributed by atoms with Crippen molar-refractivity contribution >= 4 is 0 Å². The van der Waals surface area contributed by atoms with Crippen LogP contribution in [-0.2, 0) is 19.3 Å². The number of hydrogen-bond acceptors (Lipinski definition) is 0. The first-order chi connectivity index (χ1) is 17.7. The number of rotatable bonds is 13. The van der Waals surface area contributed by atoms with Gasteiger partial charge < -0.3 is 0 Å². The summed E-state index contributed by atoms with van der Waals surface area (Å²) in [7, 11) is 0. The summed E-state index contributed by atoms with van der Waals surface area (Å²) in [6, 6.07) is 36.3. The first-order valence-electron chi connectivity index (χ1n) is 14.1. The smallest absolute Gasteiger partial charge is 0.0184 e. The molecule has 36 heavy (non-hydrogen) atoms. The third kappa shape index (κ3) is 7.95. The van der Waals surface area contributed by atoms with Crippen LogP contribution >= 0.6 is 0 Å². The molecule has 0 N–H and O–H groups in total. The molecule has 0 spiro atoms. The van der Waals surface area contributed by atoms with Crippen LogP contribution in [0.1, 0.15) is 74.1 Å². The molecule has 0 bridgehead atoms. The Hall–Kier alpha value is -3.12. The molecule has 0 amide bonds. The monoisotopic (exact) mass is 474 g/mol. The standard InChI is InChI=1S/C36H42/c1-3-4-10-30-15-23-35(24-16-30)36-27-19-32(20-28-36)12-9-7-5-6-8-11-31-17-25-34(26-18-31)33-21-13-29(2)14-22-33/h13-28H,3-12H2,1-2H3. The summed E-state index contributed by atoms with van der Waals surface area (Å²) in [6.07, 6.45) is 12.7. The van der Waals surface area contributed by atoms with E-state index in [0.717, 1.165) is 0 Å². The molecular formula is C36H42. The van der Waals surface area contributed by atoms with Crippen molar-refractivity contribution in [3.05, 3.63) is 119 Å². The Balaban J connectivity index is 1.11. The van der Waals surface area contributed by atoms with Crippen molar-refractivity contribution in [3.8, 4) is 22.3 Å². The molecule has 0 unspecified atom stereocenters. The fourth-order valence-corrected chi connectivity index (χ4v) is 4.91. The highest BCUT2D eigenvalue weighted by Gasteiger charge is 2.01. The highest BCUT2D eigenvalue weighted by atomic mass is 14.1. The molecule has 0 aromatic heterocycles. The van der Waals surface area contributed by atoms with Crippen molar-refractivity contribution in [1.82, 2.24) is 0 Å². The molecule has 0 heterocycles. The van der Waals surface area contributed by atoms with Gasteiger partial charge >= 0.3 is 0 Å². The fraction of sp³-hybridized carbons (Fsp3) is 0.333. The normalized spacial score (nSPS) is 11.1. The van der Waals surface area contributed by atoms with Gasteiger partial charge in [-0.3, -0.25) is 0 Å². The summed E-state index contributed by atoms with van der Waals surface area (Å²) in [4.78, 5) is 0. The topological polar surface area (TPSA) is 0 Å². The zero-order valence-corrected chi connectivity index (χ0v) is 22.3. The molecule has 4 rings (SSSR count). The first-order valence-corrected chi connectivity index (χ1v) is 14.1. The van der Waals surface area contributed by atoms with Crippen molar-refractivity contribution in [1.29, 1.82) is 0 Å². The number of hydrogen-bond donors (Lipinski definition) is 0. The Bertz CT molecular complexity index is 1150. The van der Waals surface area contributed by atoms with E-state index in [1.807, 2.05) is 0 Å². The second-order valence-electron chi connectivity index (χ2n) is 10.3. The number of benzene rings is 4. The van der Waals surface area contributed by atoms with E-state index >= 15 is 0 Å². The van der Waals surface area contributed by atoms with Crippen molar-refractivity contribution in [2.45, 2.75) is 78.1 Å². The van der Waals surface area contributed by atoms with Crippen molar-refractivity contribution in [2.24, 2.45) is 0 Å². The lowest BCUT2D eigenvalue weighted by atomic mass is 9.98. The van der Waals surface area contributed by atoms with Crippen molar-refractivity contribution in [3.63, 3.8) is 0 Å². The van der Waals surface area contributed by atoms with Gasteiger partial charge in [0.05, 0.1) is 0 Å². The van der Waals surface area contributed by atoms with Crippen molar-refractivity contribution < 1.29 is 0 Å². The molecule has 186 valence electrons. The second kappa shape index (κ2) is 13.8. The van der Waals surface area contributed by atoms with E-state index in [1.54, 1.807) is 0 Å². The van der Waals surface area contributed by atoms with E-state index in [2.05, 4.69) is 111 Å². The molecule has 0 radical (unpaired) electrons. The molecule has 4 aromatic rings. The Morgan fingerprint density at radius 3 is 1.03 bits per heavy atom. The summed E-state index contributed by atoms with van der Waals surface area (Å²) in [5.74, 6) is 0. The minimum atomic E-state index is 1.19. The SMILES string of the molecule is CCCCc1ccc(-c2ccc(CCCCCCCc3ccc(-c4ccc(C)cc4)cc3)cc2)cc1. The van der Waals surface area contributed by atoms with Gasteiger partial charge in [0.1, 0.15) is 0 Å². The predicted octanol–water partition coefficient (Wildman–Crippen LogP) is 10.4. The predicted molar refractivity (Wildman–Crippen MR) is 158 cm³/mol. The second-order valence-corrected chi connectivity index (χ2v) is 10.3. The summed E-state index contributed by atoms with van der Waals surface area (Å²) >= 11 is 0. The van der Waals surface area contributed by atoms with Crippen LogP contribution in [0.4, 0.5) is 0 Å². The highest BCUT2D eigenvalue weighted by molar-refractivity contribution is 5.64. The molecule has 0 atom stereocenters. The molecule has 0 nitrogen and oxygen atoms in total. The summed E-state index contributed by atoms with van der Waals surface area (Å²) in [5.41, 5.74) is 11.0. The van der Waals surface area contributed by atoms with E-state index in [1.165, 1.54) is 109 Å². The Labute approximate surface area is 219 Å². The zero-order valence-electron chi connectivity index (χ0n) is 22.3. The Morgan fingerprint density at radius 2 is 0.667 bits per heavy atom.